The van der Waals surface area contributed by atoms with Crippen molar-refractivity contribution >= 4 is 28.9 Å². The fraction of sp³-hybridized carbons (Fsp3) is 1.00. The second kappa shape index (κ2) is 13.3. The maximum absolute atomic E-state index is 4.28. The van der Waals surface area contributed by atoms with Crippen molar-refractivity contribution < 1.29 is 0 Å². The Balaban J connectivity index is 3.77. The average Bonchev–Trinajstić information content (AvgIpc) is 2.38. The van der Waals surface area contributed by atoms with E-state index in [2.05, 4.69) is 33.5 Å². The molecule has 0 N–H and O–H groups in total. The van der Waals surface area contributed by atoms with Crippen LogP contribution < -0.4 is 0 Å². The van der Waals surface area contributed by atoms with E-state index < -0.39 is 16.2 Å². The molecule has 110 valence electrons. The van der Waals surface area contributed by atoms with Crippen LogP contribution in [0.5, 0.6) is 0 Å². The van der Waals surface area contributed by atoms with Crippen molar-refractivity contribution in [3.8, 4) is 0 Å². The second-order valence-corrected chi connectivity index (χ2v) is 28.0. The first-order valence-electron chi connectivity index (χ1n) is 8.37. The van der Waals surface area contributed by atoms with E-state index in [1.54, 1.807) is 13.3 Å². The van der Waals surface area contributed by atoms with Crippen molar-refractivity contribution in [3.05, 3.63) is 0 Å². The van der Waals surface area contributed by atoms with E-state index in [1.165, 1.54) is 64.2 Å². The molecule has 0 radical (unpaired) electrons. The molecule has 0 aromatic heterocycles. The average molecular weight is 426 g/mol. The summed E-state index contributed by atoms with van der Waals surface area (Å²) < 4.78 is 4.76. The Morgan fingerprint density at radius 2 is 0.944 bits per heavy atom. The van der Waals surface area contributed by atoms with Gasteiger partial charge >= 0.3 is 127 Å². The van der Waals surface area contributed by atoms with E-state index in [4.69, 9.17) is 0 Å². The molecule has 0 fully saturated rings. The molecule has 0 aromatic carbocycles. The Bertz CT molecular complexity index is 162. The van der Waals surface area contributed by atoms with E-state index in [0.717, 1.165) is 0 Å². The van der Waals surface area contributed by atoms with Gasteiger partial charge in [0.2, 0.25) is 0 Å². The van der Waals surface area contributed by atoms with Crippen LogP contribution in [0.3, 0.4) is 0 Å². The minimum atomic E-state index is -1.82. The normalized spacial score (nSPS) is 12.0. The molecule has 0 aliphatic rings. The summed E-state index contributed by atoms with van der Waals surface area (Å²) in [6.07, 6.45) is 14.5. The van der Waals surface area contributed by atoms with Crippen LogP contribution in [0.15, 0.2) is 0 Å². The zero-order valence-electron chi connectivity index (χ0n) is 13.1. The van der Waals surface area contributed by atoms with Gasteiger partial charge in [-0.3, -0.25) is 0 Å². The molecule has 0 saturated heterocycles. The number of rotatable bonds is 13. The molecule has 0 atom stereocenters. The summed E-state index contributed by atoms with van der Waals surface area (Å²) in [5, 5.41) is 0. The number of unbranched alkanes of at least 4 members (excludes halogenated alkanes) is 7. The van der Waals surface area contributed by atoms with Crippen molar-refractivity contribution in [2.45, 2.75) is 98.3 Å². The molecule has 0 nitrogen and oxygen atoms in total. The SMILES string of the molecule is CCCCCCC[CH2][Sn]([Br])([CH2]CCC)[CH2]CCC. The third-order valence-electron chi connectivity index (χ3n) is 3.94. The monoisotopic (exact) mass is 426 g/mol. The summed E-state index contributed by atoms with van der Waals surface area (Å²) in [5.41, 5.74) is 0. The summed E-state index contributed by atoms with van der Waals surface area (Å²) >= 11 is 2.46. The second-order valence-electron chi connectivity index (χ2n) is 5.88. The zero-order valence-corrected chi connectivity index (χ0v) is 17.5. The molecule has 0 heterocycles. The topological polar surface area (TPSA) is 0 Å². The molecule has 0 bridgehead atoms. The summed E-state index contributed by atoms with van der Waals surface area (Å²) in [6.45, 7) is 6.98. The summed E-state index contributed by atoms with van der Waals surface area (Å²) in [4.78, 5) is 0. The fourth-order valence-corrected chi connectivity index (χ4v) is 18.5. The number of halogens is 1. The molecule has 0 spiro atoms. The Morgan fingerprint density at radius 3 is 1.44 bits per heavy atom. The molecule has 0 saturated carbocycles. The number of hydrogen-bond acceptors (Lipinski definition) is 0. The molecule has 18 heavy (non-hydrogen) atoms. The first kappa shape index (κ1) is 19.3. The maximum atomic E-state index is 4.28. The van der Waals surface area contributed by atoms with Crippen molar-refractivity contribution in [2.24, 2.45) is 0 Å². The van der Waals surface area contributed by atoms with Gasteiger partial charge in [0.15, 0.2) is 0 Å². The predicted molar refractivity (Wildman–Crippen MR) is 92.3 cm³/mol. The first-order valence-corrected chi connectivity index (χ1v) is 20.8. The molecule has 0 aliphatic carbocycles. The van der Waals surface area contributed by atoms with Crippen molar-refractivity contribution in [1.82, 2.24) is 0 Å². The van der Waals surface area contributed by atoms with Gasteiger partial charge in [-0.1, -0.05) is 0 Å². The van der Waals surface area contributed by atoms with Gasteiger partial charge in [0.25, 0.3) is 0 Å². The van der Waals surface area contributed by atoms with Crippen molar-refractivity contribution in [2.75, 3.05) is 0 Å². The van der Waals surface area contributed by atoms with E-state index in [0.29, 0.717) is 0 Å². The van der Waals surface area contributed by atoms with Gasteiger partial charge in [0.1, 0.15) is 0 Å². The minimum absolute atomic E-state index is 1.37. The van der Waals surface area contributed by atoms with Gasteiger partial charge in [0.05, 0.1) is 0 Å². The zero-order chi connectivity index (χ0) is 13.7. The summed E-state index contributed by atoms with van der Waals surface area (Å²) in [7, 11) is 0. The first-order chi connectivity index (χ1) is 8.68. The van der Waals surface area contributed by atoms with Crippen LogP contribution in [-0.4, -0.2) is 16.2 Å². The molecular formula is C16H35BrSn. The molecule has 0 aromatic rings. The van der Waals surface area contributed by atoms with Crippen LogP contribution >= 0.6 is 12.7 Å². The van der Waals surface area contributed by atoms with Crippen molar-refractivity contribution in [3.63, 3.8) is 0 Å². The molecular weight excluding hydrogens is 391 g/mol. The van der Waals surface area contributed by atoms with Crippen LogP contribution in [-0.2, 0) is 0 Å². The fourth-order valence-electron chi connectivity index (χ4n) is 2.58. The molecule has 0 amide bonds. The van der Waals surface area contributed by atoms with Gasteiger partial charge in [-0.25, -0.2) is 0 Å². The van der Waals surface area contributed by atoms with Gasteiger partial charge in [-0.2, -0.15) is 0 Å². The van der Waals surface area contributed by atoms with Gasteiger partial charge < -0.3 is 0 Å². The Morgan fingerprint density at radius 1 is 0.556 bits per heavy atom. The summed E-state index contributed by atoms with van der Waals surface area (Å²) in [6, 6.07) is 0. The molecule has 2 heteroatoms. The Hall–Kier alpha value is 1.28. The van der Waals surface area contributed by atoms with E-state index in [-0.39, 0.29) is 0 Å². The Labute approximate surface area is 126 Å². The molecule has 0 aliphatic heterocycles. The van der Waals surface area contributed by atoms with Crippen LogP contribution in [0.1, 0.15) is 85.0 Å². The standard InChI is InChI=1S/C8H17.2C4H9.BrH.Sn/c1-3-5-7-8-6-4-2;2*1-3-4-2;;/h1,3-8H2,2H3;2*1,3-4H2,2H3;1H;/q;;;;+1/p-1. The van der Waals surface area contributed by atoms with Crippen molar-refractivity contribution in [1.29, 1.82) is 0 Å². The third kappa shape index (κ3) is 11.1. The molecule has 0 rings (SSSR count). The van der Waals surface area contributed by atoms with E-state index in [1.807, 2.05) is 0 Å². The van der Waals surface area contributed by atoms with Gasteiger partial charge in [-0.05, 0) is 0 Å². The summed E-state index contributed by atoms with van der Waals surface area (Å²) in [5.74, 6) is 0. The van der Waals surface area contributed by atoms with Crippen LogP contribution in [0.25, 0.3) is 0 Å². The van der Waals surface area contributed by atoms with Crippen LogP contribution in [0.2, 0.25) is 13.3 Å². The third-order valence-corrected chi connectivity index (χ3v) is 22.6. The quantitative estimate of drug-likeness (QED) is 0.214. The van der Waals surface area contributed by atoms with E-state index >= 15 is 0 Å². The number of hydrogen-bond donors (Lipinski definition) is 0. The molecule has 0 unspecified atom stereocenters. The predicted octanol–water partition coefficient (Wildman–Crippen LogP) is 7.29. The van der Waals surface area contributed by atoms with E-state index in [9.17, 15) is 0 Å². The van der Waals surface area contributed by atoms with Crippen LogP contribution in [0.4, 0.5) is 0 Å². The van der Waals surface area contributed by atoms with Gasteiger partial charge in [0, 0.05) is 0 Å². The Kier molecular flexibility index (Phi) is 14.2. The van der Waals surface area contributed by atoms with Crippen LogP contribution in [0, 0.1) is 0 Å². The van der Waals surface area contributed by atoms with Gasteiger partial charge in [-0.15, -0.1) is 0 Å².